The summed E-state index contributed by atoms with van der Waals surface area (Å²) in [5, 5.41) is 0. The first-order valence-electron chi connectivity index (χ1n) is 8.43. The molecule has 1 saturated heterocycles. The largest absolute Gasteiger partial charge is 0.465 e. The lowest BCUT2D eigenvalue weighted by molar-refractivity contribution is -0.158. The van der Waals surface area contributed by atoms with Crippen LogP contribution in [0.1, 0.15) is 25.7 Å². The van der Waals surface area contributed by atoms with Crippen molar-refractivity contribution in [2.75, 3.05) is 46.9 Å². The molecule has 26 heavy (non-hydrogen) atoms. The van der Waals surface area contributed by atoms with Crippen molar-refractivity contribution in [2.45, 2.75) is 31.8 Å². The second-order valence-electron chi connectivity index (χ2n) is 6.22. The first-order valence-corrected chi connectivity index (χ1v) is 10.9. The highest BCUT2D eigenvalue weighted by molar-refractivity contribution is 7.57. The zero-order valence-electron chi connectivity index (χ0n) is 15.4. The molecule has 0 bridgehead atoms. The molecule has 0 spiro atoms. The molecule has 2 unspecified atom stereocenters. The van der Waals surface area contributed by atoms with Gasteiger partial charge in [0.1, 0.15) is 18.6 Å². The van der Waals surface area contributed by atoms with Crippen LogP contribution < -0.4 is 0 Å². The average Bonchev–Trinajstić information content (AvgIpc) is 2.92. The molecule has 0 radical (unpaired) electrons. The maximum Gasteiger partial charge on any atom is 0.313 e. The summed E-state index contributed by atoms with van der Waals surface area (Å²) >= 11 is 0. The third kappa shape index (κ3) is 9.31. The Morgan fingerprint density at radius 1 is 1.15 bits per heavy atom. The van der Waals surface area contributed by atoms with Gasteiger partial charge in [0.2, 0.25) is 0 Å². The van der Waals surface area contributed by atoms with E-state index in [2.05, 4.69) is 0 Å². The third-order valence-corrected chi connectivity index (χ3v) is 4.30. The van der Waals surface area contributed by atoms with Crippen LogP contribution >= 0.6 is 7.37 Å². The normalized spacial score (nSPS) is 19.9. The maximum absolute atomic E-state index is 12.1. The van der Waals surface area contributed by atoms with Gasteiger partial charge in [-0.1, -0.05) is 0 Å². The molecule has 0 saturated carbocycles. The second kappa shape index (κ2) is 11.3. The highest BCUT2D eigenvalue weighted by Gasteiger charge is 2.41. The van der Waals surface area contributed by atoms with Crippen LogP contribution in [0.5, 0.6) is 0 Å². The molecular formula is C16H27O9P. The molecule has 0 aromatic rings. The van der Waals surface area contributed by atoms with Gasteiger partial charge in [0, 0.05) is 39.9 Å². The fourth-order valence-electron chi connectivity index (χ4n) is 2.23. The molecule has 0 aromatic heterocycles. The minimum Gasteiger partial charge on any atom is -0.465 e. The van der Waals surface area contributed by atoms with Crippen LogP contribution in [0.25, 0.3) is 0 Å². The molecule has 150 valence electrons. The van der Waals surface area contributed by atoms with Gasteiger partial charge in [0.05, 0.1) is 19.6 Å². The van der Waals surface area contributed by atoms with Crippen molar-refractivity contribution in [3.8, 4) is 0 Å². The van der Waals surface area contributed by atoms with Crippen molar-refractivity contribution in [2.24, 2.45) is 5.92 Å². The molecule has 1 aliphatic heterocycles. The van der Waals surface area contributed by atoms with Crippen molar-refractivity contribution in [3.63, 3.8) is 0 Å². The quantitative estimate of drug-likeness (QED) is 0.209. The van der Waals surface area contributed by atoms with Crippen LogP contribution in [0.15, 0.2) is 0 Å². The smallest absolute Gasteiger partial charge is 0.313 e. The SMILES string of the molecule is COCCCC(=O)OCC1OC(=O)CC1C(=O)OCCCOP(C)(C)=O. The molecular weight excluding hydrogens is 367 g/mol. The Kier molecular flexibility index (Phi) is 9.83. The molecule has 9 nitrogen and oxygen atoms in total. The van der Waals surface area contributed by atoms with Gasteiger partial charge < -0.3 is 23.5 Å². The van der Waals surface area contributed by atoms with Crippen molar-refractivity contribution in [1.82, 2.24) is 0 Å². The average molecular weight is 394 g/mol. The van der Waals surface area contributed by atoms with Crippen LogP contribution in [0.4, 0.5) is 0 Å². The van der Waals surface area contributed by atoms with E-state index < -0.39 is 37.3 Å². The lowest BCUT2D eigenvalue weighted by Crippen LogP contribution is -2.31. The van der Waals surface area contributed by atoms with Crippen molar-refractivity contribution >= 4 is 25.3 Å². The number of carbonyl (C=O) groups is 3. The van der Waals surface area contributed by atoms with Crippen molar-refractivity contribution < 1.29 is 42.4 Å². The molecule has 0 N–H and O–H groups in total. The molecule has 2 atom stereocenters. The summed E-state index contributed by atoms with van der Waals surface area (Å²) < 4.78 is 36.5. The number of carbonyl (C=O) groups excluding carboxylic acids is 3. The van der Waals surface area contributed by atoms with Crippen LogP contribution in [0.2, 0.25) is 0 Å². The van der Waals surface area contributed by atoms with Crippen LogP contribution in [0, 0.1) is 5.92 Å². The number of rotatable bonds is 12. The summed E-state index contributed by atoms with van der Waals surface area (Å²) in [6, 6.07) is 0. The van der Waals surface area contributed by atoms with Gasteiger partial charge in [-0.2, -0.15) is 0 Å². The minimum absolute atomic E-state index is 0.0764. The Morgan fingerprint density at radius 2 is 1.88 bits per heavy atom. The van der Waals surface area contributed by atoms with Crippen LogP contribution in [-0.2, 0) is 42.4 Å². The first-order chi connectivity index (χ1) is 12.2. The predicted octanol–water partition coefficient (Wildman–Crippen LogP) is 1.38. The lowest BCUT2D eigenvalue weighted by Gasteiger charge is -2.17. The van der Waals surface area contributed by atoms with E-state index in [1.807, 2.05) is 0 Å². The van der Waals surface area contributed by atoms with Gasteiger partial charge in [0.25, 0.3) is 0 Å². The fraction of sp³-hybridized carbons (Fsp3) is 0.812. The van der Waals surface area contributed by atoms with E-state index in [1.165, 1.54) is 20.4 Å². The molecule has 0 aromatic carbocycles. The van der Waals surface area contributed by atoms with Crippen molar-refractivity contribution in [3.05, 3.63) is 0 Å². The molecule has 0 amide bonds. The topological polar surface area (TPSA) is 114 Å². The highest BCUT2D eigenvalue weighted by atomic mass is 31.2. The summed E-state index contributed by atoms with van der Waals surface area (Å²) in [5.74, 6) is -2.38. The van der Waals surface area contributed by atoms with E-state index in [0.717, 1.165) is 0 Å². The van der Waals surface area contributed by atoms with Gasteiger partial charge in [-0.05, 0) is 6.42 Å². The number of hydrogen-bond acceptors (Lipinski definition) is 9. The Morgan fingerprint density at radius 3 is 2.54 bits per heavy atom. The summed E-state index contributed by atoms with van der Waals surface area (Å²) in [4.78, 5) is 35.2. The second-order valence-corrected chi connectivity index (χ2v) is 8.99. The fourth-order valence-corrected chi connectivity index (χ4v) is 2.80. The Bertz CT molecular complexity index is 528. The van der Waals surface area contributed by atoms with Crippen molar-refractivity contribution in [1.29, 1.82) is 0 Å². The van der Waals surface area contributed by atoms with Crippen LogP contribution in [0.3, 0.4) is 0 Å². The summed E-state index contributed by atoms with van der Waals surface area (Å²) in [6.45, 7) is 3.55. The van der Waals surface area contributed by atoms with Gasteiger partial charge in [-0.15, -0.1) is 0 Å². The lowest BCUT2D eigenvalue weighted by atomic mass is 10.0. The minimum atomic E-state index is -2.56. The Hall–Kier alpha value is -1.44. The number of hydrogen-bond donors (Lipinski definition) is 0. The number of cyclic esters (lactones) is 1. The molecule has 1 heterocycles. The van der Waals surface area contributed by atoms with Gasteiger partial charge >= 0.3 is 17.9 Å². The molecule has 1 rings (SSSR count). The first kappa shape index (κ1) is 22.6. The van der Waals surface area contributed by atoms with E-state index in [1.54, 1.807) is 0 Å². The van der Waals surface area contributed by atoms with E-state index >= 15 is 0 Å². The number of esters is 3. The molecule has 1 aliphatic rings. The number of methoxy groups -OCH3 is 1. The van der Waals surface area contributed by atoms with E-state index in [9.17, 15) is 18.9 Å². The van der Waals surface area contributed by atoms with Gasteiger partial charge in [-0.25, -0.2) is 0 Å². The summed E-state index contributed by atoms with van der Waals surface area (Å²) in [5.41, 5.74) is 0. The van der Waals surface area contributed by atoms with E-state index in [0.29, 0.717) is 19.4 Å². The van der Waals surface area contributed by atoms with Gasteiger partial charge in [0.15, 0.2) is 7.37 Å². The maximum atomic E-state index is 12.1. The zero-order valence-corrected chi connectivity index (χ0v) is 16.3. The Balaban J connectivity index is 2.33. The standard InChI is InChI=1S/C16H27O9P/c1-21-7-4-6-14(17)23-11-13-12(10-15(18)25-13)16(19)22-8-5-9-24-26(2,3)20/h12-13H,4-11H2,1-3H3. The molecule has 10 heteroatoms. The predicted molar refractivity (Wildman–Crippen MR) is 91.0 cm³/mol. The van der Waals surface area contributed by atoms with E-state index in [4.69, 9.17) is 23.5 Å². The molecule has 0 aliphatic carbocycles. The number of ether oxygens (including phenoxy) is 4. The zero-order chi connectivity index (χ0) is 19.6. The van der Waals surface area contributed by atoms with E-state index in [-0.39, 0.29) is 32.7 Å². The highest BCUT2D eigenvalue weighted by Crippen LogP contribution is 2.37. The molecule has 1 fully saturated rings. The van der Waals surface area contributed by atoms with Gasteiger partial charge in [-0.3, -0.25) is 18.9 Å². The summed E-state index contributed by atoms with van der Waals surface area (Å²) in [6.07, 6.45) is 0.139. The third-order valence-electron chi connectivity index (χ3n) is 3.49. The Labute approximate surface area is 153 Å². The van der Waals surface area contributed by atoms with Crippen LogP contribution in [-0.4, -0.2) is 70.9 Å². The monoisotopic (exact) mass is 394 g/mol. The summed E-state index contributed by atoms with van der Waals surface area (Å²) in [7, 11) is -1.02.